The van der Waals surface area contributed by atoms with E-state index in [9.17, 15) is 18.4 Å². The van der Waals surface area contributed by atoms with Gasteiger partial charge >= 0.3 is 0 Å². The van der Waals surface area contributed by atoms with E-state index in [0.717, 1.165) is 36.3 Å². The number of halogens is 2. The van der Waals surface area contributed by atoms with Crippen LogP contribution in [-0.2, 0) is 16.0 Å². The van der Waals surface area contributed by atoms with Crippen LogP contribution < -0.4 is 10.2 Å². The molecule has 170 valence electrons. The summed E-state index contributed by atoms with van der Waals surface area (Å²) >= 11 is 0. The molecule has 1 saturated heterocycles. The van der Waals surface area contributed by atoms with Crippen molar-refractivity contribution in [1.82, 2.24) is 14.9 Å². The maximum Gasteiger partial charge on any atom is 0.280 e. The van der Waals surface area contributed by atoms with Gasteiger partial charge in [-0.3, -0.25) is 14.6 Å². The zero-order chi connectivity index (χ0) is 23.2. The van der Waals surface area contributed by atoms with Crippen molar-refractivity contribution in [3.63, 3.8) is 0 Å². The molecule has 2 aromatic heterocycles. The van der Waals surface area contributed by atoms with Crippen molar-refractivity contribution in [1.29, 1.82) is 0 Å². The lowest BCUT2D eigenvalue weighted by atomic mass is 10.0. The number of anilines is 2. The number of benzene rings is 1. The van der Waals surface area contributed by atoms with Crippen LogP contribution in [0.2, 0.25) is 0 Å². The maximum atomic E-state index is 12.9. The van der Waals surface area contributed by atoms with Crippen LogP contribution in [0.4, 0.5) is 20.3 Å². The molecule has 1 aromatic carbocycles. The van der Waals surface area contributed by atoms with Gasteiger partial charge in [0, 0.05) is 32.4 Å². The molecule has 3 aromatic rings. The third-order valence-corrected chi connectivity index (χ3v) is 5.50. The third-order valence-electron chi connectivity index (χ3n) is 5.50. The van der Waals surface area contributed by atoms with Gasteiger partial charge in [-0.05, 0) is 41.0 Å². The van der Waals surface area contributed by atoms with Crippen molar-refractivity contribution in [2.24, 2.45) is 0 Å². The third kappa shape index (κ3) is 5.68. The molecule has 3 heterocycles. The minimum absolute atomic E-state index is 0.163. The summed E-state index contributed by atoms with van der Waals surface area (Å²) < 4.78 is 25.7. The second-order valence-electron chi connectivity index (χ2n) is 7.72. The van der Waals surface area contributed by atoms with Crippen LogP contribution in [0.25, 0.3) is 11.1 Å². The zero-order valence-corrected chi connectivity index (χ0v) is 17.8. The molecule has 4 rings (SSSR count). The molecule has 0 spiro atoms. The number of hydrogen-bond donors (Lipinski definition) is 1. The van der Waals surface area contributed by atoms with E-state index in [1.165, 1.54) is 12.3 Å². The molecule has 0 radical (unpaired) electrons. The van der Waals surface area contributed by atoms with Gasteiger partial charge in [0.25, 0.3) is 6.43 Å². The summed E-state index contributed by atoms with van der Waals surface area (Å²) in [5.41, 5.74) is 2.89. The van der Waals surface area contributed by atoms with E-state index in [0.29, 0.717) is 24.5 Å². The van der Waals surface area contributed by atoms with Gasteiger partial charge in [0.05, 0.1) is 18.3 Å². The van der Waals surface area contributed by atoms with Crippen molar-refractivity contribution >= 4 is 23.8 Å². The number of amides is 2. The van der Waals surface area contributed by atoms with Crippen LogP contribution in [0.15, 0.2) is 60.9 Å². The Morgan fingerprint density at radius 2 is 1.76 bits per heavy atom. The molecule has 0 bridgehead atoms. The Morgan fingerprint density at radius 3 is 2.39 bits per heavy atom. The van der Waals surface area contributed by atoms with Crippen LogP contribution in [0.1, 0.15) is 17.7 Å². The molecular weight excluding hydrogens is 428 g/mol. The molecule has 0 atom stereocenters. The van der Waals surface area contributed by atoms with Gasteiger partial charge in [0.1, 0.15) is 11.5 Å². The van der Waals surface area contributed by atoms with Crippen molar-refractivity contribution < 1.29 is 18.4 Å². The number of carbonyl (C=O) groups excluding carboxylic acids is 2. The molecule has 1 aliphatic rings. The first-order chi connectivity index (χ1) is 16.0. The largest absolute Gasteiger partial charge is 0.367 e. The molecule has 0 saturated carbocycles. The average Bonchev–Trinajstić information content (AvgIpc) is 2.85. The van der Waals surface area contributed by atoms with E-state index in [4.69, 9.17) is 0 Å². The fourth-order valence-corrected chi connectivity index (χ4v) is 3.67. The number of nitrogens with one attached hydrogen (secondary N) is 1. The molecular formula is C24H23F2N5O2. The van der Waals surface area contributed by atoms with E-state index >= 15 is 0 Å². The number of piperazine rings is 1. The molecule has 7 nitrogen and oxygen atoms in total. The topological polar surface area (TPSA) is 78.4 Å². The second kappa shape index (κ2) is 10.2. The predicted octanol–water partition coefficient (Wildman–Crippen LogP) is 3.54. The minimum Gasteiger partial charge on any atom is -0.367 e. The summed E-state index contributed by atoms with van der Waals surface area (Å²) in [7, 11) is 0. The summed E-state index contributed by atoms with van der Waals surface area (Å²) in [6.45, 7) is 2.83. The molecule has 0 unspecified atom stereocenters. The summed E-state index contributed by atoms with van der Waals surface area (Å²) in [5, 5.41) is 2.79. The first-order valence-corrected chi connectivity index (χ1v) is 10.6. The van der Waals surface area contributed by atoms with Gasteiger partial charge in [-0.15, -0.1) is 0 Å². The molecule has 1 fully saturated rings. The number of rotatable bonds is 7. The van der Waals surface area contributed by atoms with Crippen LogP contribution >= 0.6 is 0 Å². The number of pyridine rings is 2. The molecule has 33 heavy (non-hydrogen) atoms. The highest BCUT2D eigenvalue weighted by Crippen LogP contribution is 2.24. The molecule has 9 heteroatoms. The van der Waals surface area contributed by atoms with Crippen LogP contribution in [-0.4, -0.2) is 53.4 Å². The van der Waals surface area contributed by atoms with Crippen molar-refractivity contribution in [3.8, 4) is 11.1 Å². The number of aromatic nitrogens is 2. The normalized spacial score (nSPS) is 13.8. The van der Waals surface area contributed by atoms with Crippen LogP contribution in [0.3, 0.4) is 0 Å². The van der Waals surface area contributed by atoms with Gasteiger partial charge in [0.15, 0.2) is 0 Å². The number of alkyl halides is 2. The van der Waals surface area contributed by atoms with Gasteiger partial charge in [-0.1, -0.05) is 24.3 Å². The minimum atomic E-state index is -2.62. The summed E-state index contributed by atoms with van der Waals surface area (Å²) in [6.07, 6.45) is 1.48. The molecule has 2 amide bonds. The quantitative estimate of drug-likeness (QED) is 0.556. The van der Waals surface area contributed by atoms with Crippen molar-refractivity contribution in [3.05, 3.63) is 72.2 Å². The lowest BCUT2D eigenvalue weighted by Gasteiger charge is -2.33. The lowest BCUT2D eigenvalue weighted by Crippen LogP contribution is -2.45. The van der Waals surface area contributed by atoms with Gasteiger partial charge in [0.2, 0.25) is 12.3 Å². The van der Waals surface area contributed by atoms with E-state index in [1.807, 2.05) is 6.07 Å². The fraction of sp³-hybridized carbons (Fsp3) is 0.250. The van der Waals surface area contributed by atoms with Gasteiger partial charge < -0.3 is 15.1 Å². The zero-order valence-electron chi connectivity index (χ0n) is 17.8. The second-order valence-corrected chi connectivity index (χ2v) is 7.72. The highest BCUT2D eigenvalue weighted by Gasteiger charge is 2.16. The summed E-state index contributed by atoms with van der Waals surface area (Å²) in [4.78, 5) is 35.1. The number of nitrogens with zero attached hydrogens (tertiary/aromatic N) is 4. The highest BCUT2D eigenvalue weighted by atomic mass is 19.3. The first kappa shape index (κ1) is 22.3. The van der Waals surface area contributed by atoms with E-state index in [2.05, 4.69) is 20.2 Å². The van der Waals surface area contributed by atoms with E-state index < -0.39 is 6.43 Å². The highest BCUT2D eigenvalue weighted by molar-refractivity contribution is 5.91. The Bertz CT molecular complexity index is 1100. The monoisotopic (exact) mass is 451 g/mol. The smallest absolute Gasteiger partial charge is 0.280 e. The predicted molar refractivity (Wildman–Crippen MR) is 121 cm³/mol. The fourth-order valence-electron chi connectivity index (χ4n) is 3.67. The van der Waals surface area contributed by atoms with Gasteiger partial charge in [-0.25, -0.2) is 13.8 Å². The average molecular weight is 451 g/mol. The van der Waals surface area contributed by atoms with Crippen molar-refractivity contribution in [2.75, 3.05) is 36.4 Å². The Balaban J connectivity index is 1.32. The Morgan fingerprint density at radius 1 is 1.00 bits per heavy atom. The van der Waals surface area contributed by atoms with Crippen molar-refractivity contribution in [2.45, 2.75) is 12.8 Å². The molecule has 1 aliphatic heterocycles. The lowest BCUT2D eigenvalue weighted by molar-refractivity contribution is -0.118. The Hall–Kier alpha value is -3.88. The van der Waals surface area contributed by atoms with E-state index in [1.54, 1.807) is 47.5 Å². The van der Waals surface area contributed by atoms with Gasteiger partial charge in [-0.2, -0.15) is 0 Å². The SMILES string of the molecule is O=CN1CCN(c2ccc(NC(=O)Cc3ccc(-c4ccnc(C(F)F)c4)cc3)nc2)CC1. The standard InChI is InChI=1S/C24H23F2N5O2/c25-24(26)21-14-19(7-8-27-21)18-3-1-17(2-4-18)13-23(33)29-22-6-5-20(15-28-22)31-11-9-30(16-32)10-12-31/h1-8,14-16,24H,9-13H2,(H,28,29,33). The summed E-state index contributed by atoms with van der Waals surface area (Å²) in [6, 6.07) is 13.9. The molecule has 0 aliphatic carbocycles. The Labute approximate surface area is 190 Å². The van der Waals surface area contributed by atoms with Crippen LogP contribution in [0, 0.1) is 0 Å². The molecule has 1 N–H and O–H groups in total. The Kier molecular flexibility index (Phi) is 6.87. The van der Waals surface area contributed by atoms with Crippen LogP contribution in [0.5, 0.6) is 0 Å². The van der Waals surface area contributed by atoms with E-state index in [-0.39, 0.29) is 18.0 Å². The summed E-state index contributed by atoms with van der Waals surface area (Å²) in [5.74, 6) is 0.259. The number of hydrogen-bond acceptors (Lipinski definition) is 5. The first-order valence-electron chi connectivity index (χ1n) is 10.6. The number of carbonyl (C=O) groups is 2. The maximum absolute atomic E-state index is 12.9.